The highest BCUT2D eigenvalue weighted by Gasteiger charge is 2.59. The Bertz CT molecular complexity index is 888. The minimum Gasteiger partial charge on any atom is -0.478 e. The third-order valence-corrected chi connectivity index (χ3v) is 7.01. The van der Waals surface area contributed by atoms with Crippen molar-refractivity contribution in [3.63, 3.8) is 0 Å². The number of carboxylic acids is 1. The van der Waals surface area contributed by atoms with E-state index in [0.717, 1.165) is 55.4 Å². The van der Waals surface area contributed by atoms with Crippen LogP contribution in [0.25, 0.3) is 10.9 Å². The maximum atomic E-state index is 12.2. The number of hydrogen-bond acceptors (Lipinski definition) is 3. The lowest BCUT2D eigenvalue weighted by molar-refractivity contribution is -0.190. The van der Waals surface area contributed by atoms with Crippen LogP contribution in [0.5, 0.6) is 0 Å². The summed E-state index contributed by atoms with van der Waals surface area (Å²) in [5.74, 6) is -1.13. The Morgan fingerprint density at radius 1 is 1.32 bits per heavy atom. The first kappa shape index (κ1) is 15.4. The zero-order valence-electron chi connectivity index (χ0n) is 14.5. The first-order valence-electron chi connectivity index (χ1n) is 9.34. The van der Waals surface area contributed by atoms with Gasteiger partial charge in [0.25, 0.3) is 0 Å². The van der Waals surface area contributed by atoms with Gasteiger partial charge < -0.3 is 14.8 Å². The number of aliphatic carboxylic acids is 1. The van der Waals surface area contributed by atoms with Gasteiger partial charge in [0.1, 0.15) is 0 Å². The fourth-order valence-electron chi connectivity index (χ4n) is 5.94. The summed E-state index contributed by atoms with van der Waals surface area (Å²) in [7, 11) is 0. The molecule has 0 saturated carbocycles. The molecule has 3 aliphatic rings. The Hall–Kier alpha value is -1.85. The minimum absolute atomic E-state index is 0.162. The van der Waals surface area contributed by atoms with Crippen LogP contribution < -0.4 is 0 Å². The van der Waals surface area contributed by atoms with Gasteiger partial charge in [-0.3, -0.25) is 4.90 Å². The molecule has 0 bridgehead atoms. The number of fused-ring (bicyclic) bond motifs is 3. The summed E-state index contributed by atoms with van der Waals surface area (Å²) < 4.78 is 1.76. The van der Waals surface area contributed by atoms with Crippen molar-refractivity contribution in [3.05, 3.63) is 35.5 Å². The molecule has 0 aliphatic carbocycles. The average Bonchev–Trinajstić information content (AvgIpc) is 2.96. The number of rotatable bonds is 2. The van der Waals surface area contributed by atoms with Crippen molar-refractivity contribution in [2.24, 2.45) is 5.41 Å². The molecule has 0 spiro atoms. The lowest BCUT2D eigenvalue weighted by Crippen LogP contribution is -2.59. The van der Waals surface area contributed by atoms with Crippen LogP contribution in [0, 0.1) is 5.41 Å². The Morgan fingerprint density at radius 3 is 2.88 bits per heavy atom. The van der Waals surface area contributed by atoms with Crippen molar-refractivity contribution in [3.8, 4) is 0 Å². The lowest BCUT2D eigenvalue weighted by Gasteiger charge is -2.57. The van der Waals surface area contributed by atoms with Gasteiger partial charge in [0.2, 0.25) is 5.72 Å². The van der Waals surface area contributed by atoms with Gasteiger partial charge in [-0.05, 0) is 49.3 Å². The second kappa shape index (κ2) is 4.86. The SMILES string of the molecule is CC[C@@]12CCCN3CCc4c(n(c5ccccc45)C(O)(C(=O)O)C1)[C@H]32. The summed E-state index contributed by atoms with van der Waals surface area (Å²) in [6, 6.07) is 8.19. The Balaban J connectivity index is 1.91. The van der Waals surface area contributed by atoms with E-state index in [1.165, 1.54) is 5.56 Å². The van der Waals surface area contributed by atoms with Crippen LogP contribution in [0.4, 0.5) is 0 Å². The second-order valence-corrected chi connectivity index (χ2v) is 8.02. The number of para-hydroxylation sites is 1. The molecule has 2 aromatic rings. The number of hydrogen-bond donors (Lipinski definition) is 2. The molecule has 3 aliphatic heterocycles. The van der Waals surface area contributed by atoms with Crippen molar-refractivity contribution < 1.29 is 15.0 Å². The predicted molar refractivity (Wildman–Crippen MR) is 94.4 cm³/mol. The van der Waals surface area contributed by atoms with Crippen molar-refractivity contribution in [2.45, 2.75) is 50.8 Å². The van der Waals surface area contributed by atoms with E-state index in [4.69, 9.17) is 0 Å². The van der Waals surface area contributed by atoms with Gasteiger partial charge in [-0.15, -0.1) is 0 Å². The molecule has 25 heavy (non-hydrogen) atoms. The summed E-state index contributed by atoms with van der Waals surface area (Å²) in [6.45, 7) is 4.25. The standard InChI is InChI=1S/C20H24N2O3/c1-2-19-9-5-10-21-11-8-14-13-6-3-4-7-15(13)22(16(14)17(19)21)20(25,12-19)18(23)24/h3-4,6-7,17,25H,2,5,8-12H2,1H3,(H,23,24)/t17-,19+,20?/m0/s1. The highest BCUT2D eigenvalue weighted by atomic mass is 16.4. The van der Waals surface area contributed by atoms with Crippen molar-refractivity contribution in [2.75, 3.05) is 13.1 Å². The van der Waals surface area contributed by atoms with E-state index in [2.05, 4.69) is 17.9 Å². The zero-order valence-corrected chi connectivity index (χ0v) is 14.5. The van der Waals surface area contributed by atoms with E-state index in [-0.39, 0.29) is 17.9 Å². The number of carbonyl (C=O) groups is 1. The Kier molecular flexibility index (Phi) is 3.00. The van der Waals surface area contributed by atoms with Crippen LogP contribution >= 0.6 is 0 Å². The Morgan fingerprint density at radius 2 is 2.12 bits per heavy atom. The normalized spacial score (nSPS) is 34.1. The molecule has 0 radical (unpaired) electrons. The summed E-state index contributed by atoms with van der Waals surface area (Å²) in [6.07, 6.45) is 4.18. The molecule has 1 aromatic heterocycles. The molecule has 5 rings (SSSR count). The van der Waals surface area contributed by atoms with Crippen LogP contribution in [0.2, 0.25) is 0 Å². The van der Waals surface area contributed by atoms with Gasteiger partial charge in [0, 0.05) is 24.0 Å². The van der Waals surface area contributed by atoms with Crippen LogP contribution in [0.3, 0.4) is 0 Å². The number of benzene rings is 1. The van der Waals surface area contributed by atoms with Gasteiger partial charge in [0.15, 0.2) is 0 Å². The van der Waals surface area contributed by atoms with Crippen molar-refractivity contribution in [1.82, 2.24) is 9.47 Å². The molecule has 1 saturated heterocycles. The van der Waals surface area contributed by atoms with E-state index in [9.17, 15) is 15.0 Å². The van der Waals surface area contributed by atoms with Gasteiger partial charge in [0.05, 0.1) is 11.6 Å². The number of piperidine rings is 1. The molecule has 0 amide bonds. The first-order chi connectivity index (χ1) is 12.0. The molecule has 4 heterocycles. The van der Waals surface area contributed by atoms with Gasteiger partial charge in [-0.25, -0.2) is 4.79 Å². The third kappa shape index (κ3) is 1.73. The van der Waals surface area contributed by atoms with E-state index in [1.54, 1.807) is 4.57 Å². The Labute approximate surface area is 146 Å². The molecule has 132 valence electrons. The molecular weight excluding hydrogens is 316 g/mol. The van der Waals surface area contributed by atoms with E-state index >= 15 is 0 Å². The minimum atomic E-state index is -1.86. The smallest absolute Gasteiger partial charge is 0.357 e. The van der Waals surface area contributed by atoms with Gasteiger partial charge >= 0.3 is 5.97 Å². The number of carboxylic acid groups (broad SMARTS) is 1. The highest BCUT2D eigenvalue weighted by molar-refractivity contribution is 5.89. The molecule has 2 N–H and O–H groups in total. The number of aromatic nitrogens is 1. The summed E-state index contributed by atoms with van der Waals surface area (Å²) in [5.41, 5.74) is 1.14. The quantitative estimate of drug-likeness (QED) is 0.882. The highest BCUT2D eigenvalue weighted by Crippen LogP contribution is 2.60. The first-order valence-corrected chi connectivity index (χ1v) is 9.34. The maximum Gasteiger partial charge on any atom is 0.357 e. The largest absolute Gasteiger partial charge is 0.478 e. The molecule has 5 nitrogen and oxygen atoms in total. The predicted octanol–water partition coefficient (Wildman–Crippen LogP) is 2.86. The number of nitrogens with zero attached hydrogens (tertiary/aromatic N) is 2. The van der Waals surface area contributed by atoms with Crippen LogP contribution in [0.1, 0.15) is 49.9 Å². The van der Waals surface area contributed by atoms with Crippen molar-refractivity contribution >= 4 is 16.9 Å². The molecule has 1 fully saturated rings. The van der Waals surface area contributed by atoms with Crippen molar-refractivity contribution in [1.29, 1.82) is 0 Å². The van der Waals surface area contributed by atoms with Crippen LogP contribution in [0.15, 0.2) is 24.3 Å². The average molecular weight is 340 g/mol. The second-order valence-electron chi connectivity index (χ2n) is 8.02. The monoisotopic (exact) mass is 340 g/mol. The van der Waals surface area contributed by atoms with Crippen LogP contribution in [-0.2, 0) is 16.9 Å². The van der Waals surface area contributed by atoms with Gasteiger partial charge in [-0.1, -0.05) is 25.1 Å². The number of aliphatic hydroxyl groups is 1. The topological polar surface area (TPSA) is 65.7 Å². The maximum absolute atomic E-state index is 12.2. The van der Waals surface area contributed by atoms with E-state index in [0.29, 0.717) is 0 Å². The molecular formula is C20H24N2O3. The molecule has 5 heteroatoms. The zero-order chi connectivity index (χ0) is 17.4. The third-order valence-electron chi connectivity index (χ3n) is 7.01. The summed E-state index contributed by atoms with van der Waals surface area (Å²) in [5, 5.41) is 22.5. The van der Waals surface area contributed by atoms with E-state index < -0.39 is 11.7 Å². The molecule has 3 atom stereocenters. The fourth-order valence-corrected chi connectivity index (χ4v) is 5.94. The fraction of sp³-hybridized carbons (Fsp3) is 0.550. The van der Waals surface area contributed by atoms with Crippen LogP contribution in [-0.4, -0.2) is 38.7 Å². The molecule has 1 unspecified atom stereocenters. The van der Waals surface area contributed by atoms with Gasteiger partial charge in [-0.2, -0.15) is 0 Å². The van der Waals surface area contributed by atoms with E-state index in [1.807, 2.05) is 18.2 Å². The molecule has 1 aromatic carbocycles. The lowest BCUT2D eigenvalue weighted by atomic mass is 9.62. The summed E-state index contributed by atoms with van der Waals surface area (Å²) in [4.78, 5) is 14.8. The summed E-state index contributed by atoms with van der Waals surface area (Å²) >= 11 is 0.